The highest BCUT2D eigenvalue weighted by molar-refractivity contribution is 7.99. The summed E-state index contributed by atoms with van der Waals surface area (Å²) in [5.74, 6) is 1.04. The van der Waals surface area contributed by atoms with Crippen LogP contribution < -0.4 is 5.32 Å². The molecule has 0 saturated carbocycles. The lowest BCUT2D eigenvalue weighted by Crippen LogP contribution is -2.45. The number of aliphatic hydroxyl groups is 1. The first-order valence-electron chi connectivity index (χ1n) is 6.46. The van der Waals surface area contributed by atoms with Crippen molar-refractivity contribution in [2.45, 2.75) is 43.7 Å². The predicted octanol–water partition coefficient (Wildman–Crippen LogP) is 2.98. The van der Waals surface area contributed by atoms with Crippen LogP contribution in [-0.4, -0.2) is 29.5 Å². The zero-order valence-corrected chi connectivity index (χ0v) is 12.7. The fourth-order valence-corrected chi connectivity index (χ4v) is 3.12. The highest BCUT2D eigenvalue weighted by atomic mass is 32.2. The molecule has 0 heterocycles. The topological polar surface area (TPSA) is 32.3 Å². The van der Waals surface area contributed by atoms with E-state index >= 15 is 0 Å². The van der Waals surface area contributed by atoms with E-state index < -0.39 is 0 Å². The Bertz CT molecular complexity index is 363. The van der Waals surface area contributed by atoms with Gasteiger partial charge in [0.1, 0.15) is 0 Å². The summed E-state index contributed by atoms with van der Waals surface area (Å²) in [7, 11) is 1.91. The van der Waals surface area contributed by atoms with Crippen LogP contribution in [0.5, 0.6) is 0 Å². The Morgan fingerprint density at radius 1 is 1.44 bits per heavy atom. The molecule has 0 aliphatic carbocycles. The maximum absolute atomic E-state index is 9.38. The number of aliphatic hydroxyl groups excluding tert-OH is 1. The van der Waals surface area contributed by atoms with E-state index in [1.807, 2.05) is 18.8 Å². The van der Waals surface area contributed by atoms with Gasteiger partial charge >= 0.3 is 0 Å². The molecular formula is C15H25NOS. The average molecular weight is 267 g/mol. The standard InChI is InChI=1S/C15H25NOS/c1-12-6-5-7-14(8-12)10-18-13(2)9-15(3,11-17)16-4/h5-8,13,16-17H,9-11H2,1-4H3. The van der Waals surface area contributed by atoms with Crippen LogP contribution in [0.15, 0.2) is 24.3 Å². The first kappa shape index (κ1) is 15.5. The molecule has 0 bridgehead atoms. The molecule has 2 nitrogen and oxygen atoms in total. The molecule has 0 saturated heterocycles. The summed E-state index contributed by atoms with van der Waals surface area (Å²) >= 11 is 1.94. The van der Waals surface area contributed by atoms with Crippen LogP contribution >= 0.6 is 11.8 Å². The SMILES string of the molecule is CNC(C)(CO)CC(C)SCc1cccc(C)c1. The van der Waals surface area contributed by atoms with Gasteiger partial charge in [-0.25, -0.2) is 0 Å². The molecule has 102 valence electrons. The maximum atomic E-state index is 9.38. The van der Waals surface area contributed by atoms with Gasteiger partial charge in [-0.05, 0) is 32.9 Å². The van der Waals surface area contributed by atoms with Gasteiger partial charge in [0, 0.05) is 16.5 Å². The van der Waals surface area contributed by atoms with Crippen LogP contribution in [0.25, 0.3) is 0 Å². The number of rotatable bonds is 7. The van der Waals surface area contributed by atoms with Crippen molar-refractivity contribution >= 4 is 11.8 Å². The first-order valence-corrected chi connectivity index (χ1v) is 7.51. The summed E-state index contributed by atoms with van der Waals surface area (Å²) < 4.78 is 0. The summed E-state index contributed by atoms with van der Waals surface area (Å²) in [6.07, 6.45) is 0.969. The Morgan fingerprint density at radius 3 is 2.72 bits per heavy atom. The minimum atomic E-state index is -0.168. The van der Waals surface area contributed by atoms with Crippen molar-refractivity contribution in [2.75, 3.05) is 13.7 Å². The first-order chi connectivity index (χ1) is 8.49. The number of benzene rings is 1. The maximum Gasteiger partial charge on any atom is 0.0610 e. The van der Waals surface area contributed by atoms with E-state index in [9.17, 15) is 5.11 Å². The molecular weight excluding hydrogens is 242 g/mol. The van der Waals surface area contributed by atoms with E-state index in [-0.39, 0.29) is 12.1 Å². The Morgan fingerprint density at radius 2 is 2.17 bits per heavy atom. The second-order valence-corrected chi connectivity index (χ2v) is 6.71. The van der Waals surface area contributed by atoms with Crippen molar-refractivity contribution in [3.8, 4) is 0 Å². The predicted molar refractivity (Wildman–Crippen MR) is 81.1 cm³/mol. The van der Waals surface area contributed by atoms with Crippen LogP contribution in [0.4, 0.5) is 0 Å². The van der Waals surface area contributed by atoms with Crippen LogP contribution in [0.2, 0.25) is 0 Å². The van der Waals surface area contributed by atoms with E-state index in [2.05, 4.69) is 50.4 Å². The van der Waals surface area contributed by atoms with Gasteiger partial charge in [-0.3, -0.25) is 0 Å². The molecule has 0 aromatic heterocycles. The van der Waals surface area contributed by atoms with Crippen LogP contribution in [0, 0.1) is 6.92 Å². The highest BCUT2D eigenvalue weighted by Crippen LogP contribution is 2.25. The third-order valence-electron chi connectivity index (χ3n) is 3.31. The third-order valence-corrected chi connectivity index (χ3v) is 4.54. The molecule has 18 heavy (non-hydrogen) atoms. The van der Waals surface area contributed by atoms with Gasteiger partial charge in [0.05, 0.1) is 6.61 Å². The molecule has 2 atom stereocenters. The normalized spacial score (nSPS) is 16.3. The van der Waals surface area contributed by atoms with Crippen molar-refractivity contribution < 1.29 is 5.11 Å². The molecule has 0 radical (unpaired) electrons. The van der Waals surface area contributed by atoms with Crippen molar-refractivity contribution in [3.63, 3.8) is 0 Å². The van der Waals surface area contributed by atoms with E-state index in [4.69, 9.17) is 0 Å². The van der Waals surface area contributed by atoms with Crippen molar-refractivity contribution in [1.29, 1.82) is 0 Å². The van der Waals surface area contributed by atoms with Gasteiger partial charge in [0.25, 0.3) is 0 Å². The molecule has 1 aromatic rings. The monoisotopic (exact) mass is 267 g/mol. The lowest BCUT2D eigenvalue weighted by atomic mass is 9.97. The third kappa shape index (κ3) is 5.01. The van der Waals surface area contributed by atoms with E-state index in [1.165, 1.54) is 11.1 Å². The number of thioether (sulfide) groups is 1. The van der Waals surface area contributed by atoms with Gasteiger partial charge in [0.15, 0.2) is 0 Å². The summed E-state index contributed by atoms with van der Waals surface area (Å²) in [6, 6.07) is 8.65. The molecule has 0 amide bonds. The minimum absolute atomic E-state index is 0.168. The van der Waals surface area contributed by atoms with Gasteiger partial charge < -0.3 is 10.4 Å². The molecule has 0 aliphatic heterocycles. The second kappa shape index (κ2) is 7.17. The molecule has 0 fully saturated rings. The smallest absolute Gasteiger partial charge is 0.0610 e. The molecule has 3 heteroatoms. The lowest BCUT2D eigenvalue weighted by Gasteiger charge is -2.29. The Hall–Kier alpha value is -0.510. The molecule has 0 spiro atoms. The minimum Gasteiger partial charge on any atom is -0.394 e. The molecule has 2 N–H and O–H groups in total. The summed E-state index contributed by atoms with van der Waals surface area (Å²) in [5.41, 5.74) is 2.53. The second-order valence-electron chi connectivity index (χ2n) is 5.28. The number of aryl methyl sites for hydroxylation is 1. The number of likely N-dealkylation sites (N-methyl/N-ethyl adjacent to an activating group) is 1. The lowest BCUT2D eigenvalue weighted by molar-refractivity contribution is 0.174. The number of nitrogens with one attached hydrogen (secondary N) is 1. The van der Waals surface area contributed by atoms with Crippen molar-refractivity contribution in [1.82, 2.24) is 5.32 Å². The van der Waals surface area contributed by atoms with Crippen LogP contribution in [-0.2, 0) is 5.75 Å². The zero-order chi connectivity index (χ0) is 13.6. The van der Waals surface area contributed by atoms with Gasteiger partial charge in [-0.15, -0.1) is 0 Å². The van der Waals surface area contributed by atoms with E-state index in [1.54, 1.807) is 0 Å². The largest absolute Gasteiger partial charge is 0.394 e. The number of hydrogen-bond donors (Lipinski definition) is 2. The summed E-state index contributed by atoms with van der Waals surface area (Å²) in [5, 5.41) is 13.1. The van der Waals surface area contributed by atoms with E-state index in [0.717, 1.165) is 12.2 Å². The van der Waals surface area contributed by atoms with Crippen LogP contribution in [0.1, 0.15) is 31.4 Å². The highest BCUT2D eigenvalue weighted by Gasteiger charge is 2.23. The number of hydrogen-bond acceptors (Lipinski definition) is 3. The summed E-state index contributed by atoms with van der Waals surface area (Å²) in [6.45, 7) is 6.60. The Kier molecular flexibility index (Phi) is 6.19. The molecule has 1 aromatic carbocycles. The fraction of sp³-hybridized carbons (Fsp3) is 0.600. The van der Waals surface area contributed by atoms with Gasteiger partial charge in [0.2, 0.25) is 0 Å². The van der Waals surface area contributed by atoms with Crippen molar-refractivity contribution in [2.24, 2.45) is 0 Å². The fourth-order valence-electron chi connectivity index (χ4n) is 1.98. The zero-order valence-electron chi connectivity index (χ0n) is 11.9. The summed E-state index contributed by atoms with van der Waals surface area (Å²) in [4.78, 5) is 0. The molecule has 2 unspecified atom stereocenters. The Balaban J connectivity index is 2.44. The average Bonchev–Trinajstić information content (AvgIpc) is 2.36. The van der Waals surface area contributed by atoms with E-state index in [0.29, 0.717) is 5.25 Å². The quantitative estimate of drug-likeness (QED) is 0.796. The molecule has 0 aliphatic rings. The van der Waals surface area contributed by atoms with Crippen LogP contribution in [0.3, 0.4) is 0 Å². The Labute approximate surface area is 115 Å². The molecule has 1 rings (SSSR count). The van der Waals surface area contributed by atoms with Crippen molar-refractivity contribution in [3.05, 3.63) is 35.4 Å². The van der Waals surface area contributed by atoms with Gasteiger partial charge in [-0.1, -0.05) is 36.8 Å². The van der Waals surface area contributed by atoms with Gasteiger partial charge in [-0.2, -0.15) is 11.8 Å².